The molecule has 2 aromatic carbocycles. The lowest BCUT2D eigenvalue weighted by molar-refractivity contribution is 1.33. The number of hydrogen-bond donors (Lipinski definition) is 0. The van der Waals surface area contributed by atoms with Gasteiger partial charge in [0.2, 0.25) is 0 Å². The summed E-state index contributed by atoms with van der Waals surface area (Å²) in [6, 6.07) is 24.8. The largest absolute Gasteiger partial charge is 0.256 e. The first-order valence-corrected chi connectivity index (χ1v) is 7.27. The molecular weight excluding hydrogens is 268 g/mol. The molecule has 0 amide bonds. The van der Waals surface area contributed by atoms with Crippen molar-refractivity contribution in [1.82, 2.24) is 9.97 Å². The number of rotatable bonds is 2. The maximum absolute atomic E-state index is 4.42. The van der Waals surface area contributed by atoms with Crippen LogP contribution in [0.5, 0.6) is 0 Å². The van der Waals surface area contributed by atoms with E-state index in [1.54, 1.807) is 0 Å². The molecule has 0 N–H and O–H groups in total. The van der Waals surface area contributed by atoms with Gasteiger partial charge in [0, 0.05) is 23.5 Å². The molecule has 0 aliphatic heterocycles. The number of fused-ring (bicyclic) bond motifs is 1. The molecule has 0 saturated carbocycles. The van der Waals surface area contributed by atoms with E-state index in [1.165, 1.54) is 10.8 Å². The van der Waals surface area contributed by atoms with E-state index in [-0.39, 0.29) is 0 Å². The van der Waals surface area contributed by atoms with Crippen molar-refractivity contribution in [2.75, 3.05) is 0 Å². The predicted molar refractivity (Wildman–Crippen MR) is 90.4 cm³/mol. The molecule has 2 heteroatoms. The summed E-state index contributed by atoms with van der Waals surface area (Å²) >= 11 is 0. The van der Waals surface area contributed by atoms with Crippen molar-refractivity contribution in [3.8, 4) is 22.5 Å². The van der Waals surface area contributed by atoms with E-state index < -0.39 is 0 Å². The van der Waals surface area contributed by atoms with E-state index in [9.17, 15) is 0 Å². The summed E-state index contributed by atoms with van der Waals surface area (Å²) in [4.78, 5) is 8.85. The standard InChI is InChI=1S/C20H14N2/c1-3-11-21-19(5-1)16-9-7-15-8-10-17(14-18(15)13-16)20-6-2-4-12-22-20/h1-14H. The molecule has 0 aliphatic rings. The molecule has 22 heavy (non-hydrogen) atoms. The smallest absolute Gasteiger partial charge is 0.0702 e. The summed E-state index contributed by atoms with van der Waals surface area (Å²) in [5, 5.41) is 2.42. The van der Waals surface area contributed by atoms with E-state index in [0.29, 0.717) is 0 Å². The Balaban J connectivity index is 1.85. The molecule has 0 fully saturated rings. The van der Waals surface area contributed by atoms with Gasteiger partial charge in [-0.25, -0.2) is 0 Å². The van der Waals surface area contributed by atoms with Crippen molar-refractivity contribution >= 4 is 10.8 Å². The van der Waals surface area contributed by atoms with Gasteiger partial charge in [-0.3, -0.25) is 9.97 Å². The van der Waals surface area contributed by atoms with Gasteiger partial charge in [0.25, 0.3) is 0 Å². The Morgan fingerprint density at radius 2 is 1.05 bits per heavy atom. The van der Waals surface area contributed by atoms with E-state index in [4.69, 9.17) is 0 Å². The summed E-state index contributed by atoms with van der Waals surface area (Å²) in [7, 11) is 0. The maximum Gasteiger partial charge on any atom is 0.0702 e. The van der Waals surface area contributed by atoms with Crippen LogP contribution in [-0.2, 0) is 0 Å². The number of pyridine rings is 2. The second-order valence-corrected chi connectivity index (χ2v) is 5.21. The third kappa shape index (κ3) is 2.35. The molecule has 0 radical (unpaired) electrons. The SMILES string of the molecule is c1ccc(-c2ccc3ccc(-c4ccccn4)cc3c2)nc1. The first-order chi connectivity index (χ1) is 10.9. The van der Waals surface area contributed by atoms with Crippen molar-refractivity contribution in [2.45, 2.75) is 0 Å². The zero-order valence-electron chi connectivity index (χ0n) is 12.0. The first kappa shape index (κ1) is 12.7. The number of nitrogens with zero attached hydrogens (tertiary/aromatic N) is 2. The molecule has 104 valence electrons. The van der Waals surface area contributed by atoms with Crippen LogP contribution in [0, 0.1) is 0 Å². The second kappa shape index (κ2) is 5.41. The molecule has 0 unspecified atom stereocenters. The van der Waals surface area contributed by atoms with Gasteiger partial charge in [0.05, 0.1) is 11.4 Å². The highest BCUT2D eigenvalue weighted by Gasteiger charge is 2.03. The van der Waals surface area contributed by atoms with Crippen LogP contribution in [0.15, 0.2) is 85.2 Å². The highest BCUT2D eigenvalue weighted by molar-refractivity contribution is 5.90. The Hall–Kier alpha value is -3.00. The lowest BCUT2D eigenvalue weighted by Gasteiger charge is -2.06. The summed E-state index contributed by atoms with van der Waals surface area (Å²) in [6.45, 7) is 0. The zero-order chi connectivity index (χ0) is 14.8. The summed E-state index contributed by atoms with van der Waals surface area (Å²) < 4.78 is 0. The van der Waals surface area contributed by atoms with E-state index in [0.717, 1.165) is 22.5 Å². The number of benzene rings is 2. The van der Waals surface area contributed by atoms with Crippen LogP contribution in [0.2, 0.25) is 0 Å². The summed E-state index contributed by atoms with van der Waals surface area (Å²) in [5.74, 6) is 0. The highest BCUT2D eigenvalue weighted by atomic mass is 14.7. The Labute approximate surface area is 129 Å². The Kier molecular flexibility index (Phi) is 3.13. The van der Waals surface area contributed by atoms with Gasteiger partial charge in [-0.05, 0) is 47.2 Å². The van der Waals surface area contributed by atoms with E-state index in [2.05, 4.69) is 46.4 Å². The molecule has 4 aromatic rings. The molecule has 0 aliphatic carbocycles. The summed E-state index contributed by atoms with van der Waals surface area (Å²) in [5.41, 5.74) is 4.25. The minimum Gasteiger partial charge on any atom is -0.256 e. The lowest BCUT2D eigenvalue weighted by Crippen LogP contribution is -1.85. The molecular formula is C20H14N2. The van der Waals surface area contributed by atoms with Crippen LogP contribution >= 0.6 is 0 Å². The van der Waals surface area contributed by atoms with Crippen molar-refractivity contribution in [3.05, 3.63) is 85.2 Å². The first-order valence-electron chi connectivity index (χ1n) is 7.27. The molecule has 2 nitrogen and oxygen atoms in total. The summed E-state index contributed by atoms with van der Waals surface area (Å²) in [6.07, 6.45) is 3.65. The van der Waals surface area contributed by atoms with Crippen LogP contribution in [0.4, 0.5) is 0 Å². The quantitative estimate of drug-likeness (QED) is 0.519. The molecule has 0 spiro atoms. The molecule has 2 aromatic heterocycles. The van der Waals surface area contributed by atoms with Gasteiger partial charge in [0.1, 0.15) is 0 Å². The highest BCUT2D eigenvalue weighted by Crippen LogP contribution is 2.26. The molecule has 0 atom stereocenters. The Bertz CT molecular complexity index is 842. The van der Waals surface area contributed by atoms with Crippen molar-refractivity contribution in [2.24, 2.45) is 0 Å². The molecule has 0 saturated heterocycles. The average molecular weight is 282 g/mol. The molecule has 0 bridgehead atoms. The van der Waals surface area contributed by atoms with Crippen LogP contribution in [0.1, 0.15) is 0 Å². The fourth-order valence-corrected chi connectivity index (χ4v) is 2.63. The van der Waals surface area contributed by atoms with Crippen LogP contribution in [0.25, 0.3) is 33.3 Å². The minimum absolute atomic E-state index is 0.993. The van der Waals surface area contributed by atoms with E-state index in [1.807, 2.05) is 48.8 Å². The Morgan fingerprint density at radius 1 is 0.500 bits per heavy atom. The third-order valence-electron chi connectivity index (χ3n) is 3.76. The molecule has 4 rings (SSSR count). The fraction of sp³-hybridized carbons (Fsp3) is 0. The van der Waals surface area contributed by atoms with Gasteiger partial charge in [-0.2, -0.15) is 0 Å². The second-order valence-electron chi connectivity index (χ2n) is 5.21. The van der Waals surface area contributed by atoms with E-state index >= 15 is 0 Å². The van der Waals surface area contributed by atoms with Gasteiger partial charge in [-0.15, -0.1) is 0 Å². The van der Waals surface area contributed by atoms with Gasteiger partial charge >= 0.3 is 0 Å². The van der Waals surface area contributed by atoms with Gasteiger partial charge in [0.15, 0.2) is 0 Å². The normalized spacial score (nSPS) is 10.7. The van der Waals surface area contributed by atoms with Crippen molar-refractivity contribution in [1.29, 1.82) is 0 Å². The fourth-order valence-electron chi connectivity index (χ4n) is 2.63. The topological polar surface area (TPSA) is 25.8 Å². The van der Waals surface area contributed by atoms with Crippen LogP contribution in [-0.4, -0.2) is 9.97 Å². The Morgan fingerprint density at radius 3 is 1.50 bits per heavy atom. The maximum atomic E-state index is 4.42. The average Bonchev–Trinajstić information content (AvgIpc) is 2.62. The molecule has 2 heterocycles. The monoisotopic (exact) mass is 282 g/mol. The van der Waals surface area contributed by atoms with Crippen LogP contribution in [0.3, 0.4) is 0 Å². The van der Waals surface area contributed by atoms with Crippen LogP contribution < -0.4 is 0 Å². The van der Waals surface area contributed by atoms with Gasteiger partial charge in [-0.1, -0.05) is 36.4 Å². The van der Waals surface area contributed by atoms with Gasteiger partial charge < -0.3 is 0 Å². The minimum atomic E-state index is 0.993. The predicted octanol–water partition coefficient (Wildman–Crippen LogP) is 4.96. The number of aromatic nitrogens is 2. The third-order valence-corrected chi connectivity index (χ3v) is 3.76. The zero-order valence-corrected chi connectivity index (χ0v) is 12.0. The number of hydrogen-bond acceptors (Lipinski definition) is 2. The van der Waals surface area contributed by atoms with Crippen molar-refractivity contribution < 1.29 is 0 Å². The lowest BCUT2D eigenvalue weighted by atomic mass is 10.0. The van der Waals surface area contributed by atoms with Crippen molar-refractivity contribution in [3.63, 3.8) is 0 Å².